The van der Waals surface area contributed by atoms with Gasteiger partial charge in [0.25, 0.3) is 0 Å². The molecule has 1 saturated heterocycles. The Morgan fingerprint density at radius 2 is 2.00 bits per heavy atom. The second-order valence-corrected chi connectivity index (χ2v) is 6.39. The van der Waals surface area contributed by atoms with E-state index in [4.69, 9.17) is 0 Å². The summed E-state index contributed by atoms with van der Waals surface area (Å²) in [5.41, 5.74) is 0.364. The van der Waals surface area contributed by atoms with E-state index in [0.29, 0.717) is 11.3 Å². The largest absolute Gasteiger partial charge is 0.317 e. The average molecular weight is 237 g/mol. The van der Waals surface area contributed by atoms with Gasteiger partial charge in [-0.1, -0.05) is 13.3 Å². The lowest BCUT2D eigenvalue weighted by molar-refractivity contribution is 0.269. The maximum atomic E-state index is 4.43. The van der Waals surface area contributed by atoms with Crippen LogP contribution >= 0.6 is 11.3 Å². The molecule has 0 amide bonds. The summed E-state index contributed by atoms with van der Waals surface area (Å²) in [5.74, 6) is 0.663. The van der Waals surface area contributed by atoms with E-state index in [1.807, 2.05) is 11.3 Å². The normalized spacial score (nSPS) is 25.3. The zero-order valence-corrected chi connectivity index (χ0v) is 10.6. The Morgan fingerprint density at radius 3 is 2.62 bits per heavy atom. The zero-order valence-electron chi connectivity index (χ0n) is 9.83. The molecule has 3 nitrogen and oxygen atoms in total. The third kappa shape index (κ3) is 1.78. The van der Waals surface area contributed by atoms with Crippen LogP contribution in [0.1, 0.15) is 55.0 Å². The predicted molar refractivity (Wildman–Crippen MR) is 66.0 cm³/mol. The van der Waals surface area contributed by atoms with Gasteiger partial charge >= 0.3 is 0 Å². The second-order valence-electron chi connectivity index (χ2n) is 5.38. The van der Waals surface area contributed by atoms with Crippen LogP contribution in [0.5, 0.6) is 0 Å². The molecule has 1 aliphatic carbocycles. The van der Waals surface area contributed by atoms with Gasteiger partial charge < -0.3 is 5.32 Å². The highest BCUT2D eigenvalue weighted by atomic mass is 32.1. The summed E-state index contributed by atoms with van der Waals surface area (Å²) in [5, 5.41) is 14.8. The van der Waals surface area contributed by atoms with Crippen LogP contribution in [-0.4, -0.2) is 23.3 Å². The van der Waals surface area contributed by atoms with Gasteiger partial charge in [-0.15, -0.1) is 21.5 Å². The van der Waals surface area contributed by atoms with Crippen LogP contribution < -0.4 is 5.32 Å². The van der Waals surface area contributed by atoms with Crippen molar-refractivity contribution in [3.05, 3.63) is 10.0 Å². The Morgan fingerprint density at radius 1 is 1.25 bits per heavy atom. The van der Waals surface area contributed by atoms with E-state index in [2.05, 4.69) is 22.4 Å². The maximum Gasteiger partial charge on any atom is 0.123 e. The molecule has 0 atom stereocenters. The van der Waals surface area contributed by atoms with Crippen molar-refractivity contribution in [2.24, 2.45) is 0 Å². The molecule has 0 bridgehead atoms. The lowest BCUT2D eigenvalue weighted by atomic mass is 9.71. The molecular formula is C12H19N3S. The number of hydrogen-bond donors (Lipinski definition) is 1. The zero-order chi connectivity index (χ0) is 11.0. The molecule has 1 N–H and O–H groups in total. The SMILES string of the molecule is CC1(c2nnc(C3CCNCC3)s2)CCC1. The number of hydrogen-bond acceptors (Lipinski definition) is 4. The van der Waals surface area contributed by atoms with Crippen LogP contribution in [0.2, 0.25) is 0 Å². The Balaban J connectivity index is 1.76. The molecule has 1 aromatic heterocycles. The van der Waals surface area contributed by atoms with Gasteiger partial charge in [-0.2, -0.15) is 0 Å². The Hall–Kier alpha value is -0.480. The first kappa shape index (κ1) is 10.7. The van der Waals surface area contributed by atoms with Crippen molar-refractivity contribution in [3.63, 3.8) is 0 Å². The van der Waals surface area contributed by atoms with Gasteiger partial charge in [0.05, 0.1) is 0 Å². The number of rotatable bonds is 2. The molecular weight excluding hydrogens is 218 g/mol. The van der Waals surface area contributed by atoms with E-state index in [9.17, 15) is 0 Å². The van der Waals surface area contributed by atoms with Crippen molar-refractivity contribution in [1.29, 1.82) is 0 Å². The molecule has 16 heavy (non-hydrogen) atoms. The Bertz CT molecular complexity index is 364. The third-order valence-corrected chi connectivity index (χ3v) is 5.49. The molecule has 1 aliphatic heterocycles. The summed E-state index contributed by atoms with van der Waals surface area (Å²) in [6, 6.07) is 0. The molecule has 88 valence electrons. The molecule has 3 rings (SSSR count). The Labute approximate surface area is 101 Å². The van der Waals surface area contributed by atoms with Crippen LogP contribution in [0.15, 0.2) is 0 Å². The summed E-state index contributed by atoms with van der Waals surface area (Å²) in [4.78, 5) is 0. The van der Waals surface area contributed by atoms with Gasteiger partial charge in [0.15, 0.2) is 0 Å². The highest BCUT2D eigenvalue weighted by Crippen LogP contribution is 2.45. The molecule has 0 radical (unpaired) electrons. The topological polar surface area (TPSA) is 37.8 Å². The smallest absolute Gasteiger partial charge is 0.123 e. The van der Waals surface area contributed by atoms with E-state index in [1.165, 1.54) is 42.1 Å². The van der Waals surface area contributed by atoms with Crippen LogP contribution in [-0.2, 0) is 5.41 Å². The summed E-state index contributed by atoms with van der Waals surface area (Å²) in [7, 11) is 0. The molecule has 2 heterocycles. The standard InChI is InChI=1S/C12H19N3S/c1-12(5-2-6-12)11-15-14-10(16-11)9-3-7-13-8-4-9/h9,13H,2-8H2,1H3. The van der Waals surface area contributed by atoms with E-state index in [-0.39, 0.29) is 0 Å². The molecule has 0 spiro atoms. The van der Waals surface area contributed by atoms with E-state index in [1.54, 1.807) is 0 Å². The summed E-state index contributed by atoms with van der Waals surface area (Å²) in [6.45, 7) is 4.61. The van der Waals surface area contributed by atoms with Gasteiger partial charge in [0.1, 0.15) is 10.0 Å². The molecule has 2 fully saturated rings. The lowest BCUT2D eigenvalue weighted by Crippen LogP contribution is -2.30. The molecule has 1 aromatic rings. The fraction of sp³-hybridized carbons (Fsp3) is 0.833. The summed E-state index contributed by atoms with van der Waals surface area (Å²) < 4.78 is 0. The summed E-state index contributed by atoms with van der Waals surface area (Å²) >= 11 is 1.87. The third-order valence-electron chi connectivity index (χ3n) is 4.10. The van der Waals surface area contributed by atoms with Crippen molar-refractivity contribution < 1.29 is 0 Å². The van der Waals surface area contributed by atoms with Crippen LogP contribution in [0, 0.1) is 0 Å². The molecule has 0 aromatic carbocycles. The first-order chi connectivity index (χ1) is 7.78. The van der Waals surface area contributed by atoms with Crippen molar-refractivity contribution >= 4 is 11.3 Å². The number of piperidine rings is 1. The van der Waals surface area contributed by atoms with Crippen LogP contribution in [0.4, 0.5) is 0 Å². The molecule has 2 aliphatic rings. The van der Waals surface area contributed by atoms with E-state index >= 15 is 0 Å². The average Bonchev–Trinajstić information content (AvgIpc) is 2.77. The highest BCUT2D eigenvalue weighted by molar-refractivity contribution is 7.11. The number of nitrogens with zero attached hydrogens (tertiary/aromatic N) is 2. The maximum absolute atomic E-state index is 4.43. The van der Waals surface area contributed by atoms with Gasteiger partial charge in [0.2, 0.25) is 0 Å². The number of nitrogens with one attached hydrogen (secondary N) is 1. The minimum atomic E-state index is 0.364. The lowest BCUT2D eigenvalue weighted by Gasteiger charge is -2.35. The van der Waals surface area contributed by atoms with Gasteiger partial charge in [-0.05, 0) is 38.8 Å². The fourth-order valence-electron chi connectivity index (χ4n) is 2.63. The predicted octanol–water partition coefficient (Wildman–Crippen LogP) is 2.45. The van der Waals surface area contributed by atoms with Crippen LogP contribution in [0.25, 0.3) is 0 Å². The quantitative estimate of drug-likeness (QED) is 0.858. The monoisotopic (exact) mass is 237 g/mol. The van der Waals surface area contributed by atoms with Crippen LogP contribution in [0.3, 0.4) is 0 Å². The Kier molecular flexibility index (Phi) is 2.72. The minimum absolute atomic E-state index is 0.364. The van der Waals surface area contributed by atoms with Crippen molar-refractivity contribution in [2.75, 3.05) is 13.1 Å². The van der Waals surface area contributed by atoms with Gasteiger partial charge in [-0.25, -0.2) is 0 Å². The van der Waals surface area contributed by atoms with Crippen molar-refractivity contribution in [2.45, 2.75) is 50.4 Å². The molecule has 0 unspecified atom stereocenters. The molecule has 1 saturated carbocycles. The van der Waals surface area contributed by atoms with Gasteiger partial charge in [-0.3, -0.25) is 0 Å². The van der Waals surface area contributed by atoms with Gasteiger partial charge in [0, 0.05) is 11.3 Å². The first-order valence-corrected chi connectivity index (χ1v) is 7.14. The molecule has 4 heteroatoms. The fourth-order valence-corrected chi connectivity index (χ4v) is 3.85. The highest BCUT2D eigenvalue weighted by Gasteiger charge is 2.37. The second kappa shape index (κ2) is 4.08. The minimum Gasteiger partial charge on any atom is -0.317 e. The van der Waals surface area contributed by atoms with E-state index in [0.717, 1.165) is 13.1 Å². The number of aromatic nitrogens is 2. The first-order valence-electron chi connectivity index (χ1n) is 6.32. The van der Waals surface area contributed by atoms with Crippen molar-refractivity contribution in [3.8, 4) is 0 Å². The summed E-state index contributed by atoms with van der Waals surface area (Å²) in [6.07, 6.45) is 6.41. The van der Waals surface area contributed by atoms with E-state index < -0.39 is 0 Å². The van der Waals surface area contributed by atoms with Crippen molar-refractivity contribution in [1.82, 2.24) is 15.5 Å².